The van der Waals surface area contributed by atoms with Crippen LogP contribution in [0.15, 0.2) is 0 Å². The van der Waals surface area contributed by atoms with Crippen LogP contribution < -0.4 is 5.73 Å². The fourth-order valence-corrected chi connectivity index (χ4v) is 2.03. The molecule has 0 aromatic rings. The SMILES string of the molecule is CC(C)C(CN)C(=O)N1CC(O)(C(C)C)C1. The summed E-state index contributed by atoms with van der Waals surface area (Å²) in [4.78, 5) is 13.8. The molecule has 0 aliphatic carbocycles. The summed E-state index contributed by atoms with van der Waals surface area (Å²) in [6, 6.07) is 0. The summed E-state index contributed by atoms with van der Waals surface area (Å²) in [5.74, 6) is 0.414. The van der Waals surface area contributed by atoms with Crippen molar-refractivity contribution < 1.29 is 9.90 Å². The molecule has 3 N–H and O–H groups in total. The Morgan fingerprint density at radius 2 is 1.88 bits per heavy atom. The summed E-state index contributed by atoms with van der Waals surface area (Å²) in [5, 5.41) is 10.1. The first-order valence-corrected chi connectivity index (χ1v) is 6.03. The average molecular weight is 228 g/mol. The summed E-state index contributed by atoms with van der Waals surface area (Å²) in [6.45, 7) is 9.25. The molecule has 0 saturated carbocycles. The molecule has 4 nitrogen and oxygen atoms in total. The second-order valence-corrected chi connectivity index (χ2v) is 5.54. The first-order valence-electron chi connectivity index (χ1n) is 6.03. The highest BCUT2D eigenvalue weighted by Crippen LogP contribution is 2.30. The Labute approximate surface area is 97.8 Å². The van der Waals surface area contributed by atoms with Gasteiger partial charge in [0, 0.05) is 6.54 Å². The monoisotopic (exact) mass is 228 g/mol. The predicted molar refractivity (Wildman–Crippen MR) is 63.8 cm³/mol. The third kappa shape index (κ3) is 2.38. The van der Waals surface area contributed by atoms with Crippen molar-refractivity contribution in [2.24, 2.45) is 23.5 Å². The highest BCUT2D eigenvalue weighted by Gasteiger charge is 2.47. The number of β-amino-alcohol motifs (C(OH)–C–C–N with tert-alkyl or cyclic N) is 1. The summed E-state index contributed by atoms with van der Waals surface area (Å²) < 4.78 is 0. The van der Waals surface area contributed by atoms with E-state index in [4.69, 9.17) is 5.73 Å². The van der Waals surface area contributed by atoms with E-state index >= 15 is 0 Å². The number of rotatable bonds is 4. The molecule has 1 aliphatic heterocycles. The van der Waals surface area contributed by atoms with Crippen LogP contribution in [-0.2, 0) is 4.79 Å². The molecule has 0 aromatic carbocycles. The Bertz CT molecular complexity index is 258. The zero-order valence-corrected chi connectivity index (χ0v) is 10.7. The maximum Gasteiger partial charge on any atom is 0.227 e. The minimum Gasteiger partial charge on any atom is -0.386 e. The molecule has 1 fully saturated rings. The third-order valence-corrected chi connectivity index (χ3v) is 3.69. The minimum atomic E-state index is -0.689. The fraction of sp³-hybridized carbons (Fsp3) is 0.917. The molecule has 0 radical (unpaired) electrons. The maximum atomic E-state index is 12.0. The molecule has 1 rings (SSSR count). The van der Waals surface area contributed by atoms with Crippen LogP contribution in [0.5, 0.6) is 0 Å². The lowest BCUT2D eigenvalue weighted by molar-refractivity contribution is -0.168. The zero-order valence-electron chi connectivity index (χ0n) is 10.7. The van der Waals surface area contributed by atoms with Crippen molar-refractivity contribution >= 4 is 5.91 Å². The van der Waals surface area contributed by atoms with Crippen molar-refractivity contribution in [3.05, 3.63) is 0 Å². The number of aliphatic hydroxyl groups is 1. The largest absolute Gasteiger partial charge is 0.386 e. The highest BCUT2D eigenvalue weighted by molar-refractivity contribution is 5.80. The van der Waals surface area contributed by atoms with Gasteiger partial charge in [-0.2, -0.15) is 0 Å². The van der Waals surface area contributed by atoms with E-state index in [1.54, 1.807) is 4.90 Å². The second kappa shape index (κ2) is 4.72. The van der Waals surface area contributed by atoms with Gasteiger partial charge in [0.2, 0.25) is 5.91 Å². The van der Waals surface area contributed by atoms with Gasteiger partial charge in [0.15, 0.2) is 0 Å². The summed E-state index contributed by atoms with van der Waals surface area (Å²) >= 11 is 0. The van der Waals surface area contributed by atoms with E-state index in [0.29, 0.717) is 19.6 Å². The maximum absolute atomic E-state index is 12.0. The van der Waals surface area contributed by atoms with Crippen molar-refractivity contribution in [3.63, 3.8) is 0 Å². The minimum absolute atomic E-state index is 0.0859. The molecular weight excluding hydrogens is 204 g/mol. The summed E-state index contributed by atoms with van der Waals surface area (Å²) in [7, 11) is 0. The number of nitrogens with zero attached hydrogens (tertiary/aromatic N) is 1. The predicted octanol–water partition coefficient (Wildman–Crippen LogP) is 0.447. The number of likely N-dealkylation sites (tertiary alicyclic amines) is 1. The van der Waals surface area contributed by atoms with Crippen LogP contribution in [0, 0.1) is 17.8 Å². The third-order valence-electron chi connectivity index (χ3n) is 3.69. The summed E-state index contributed by atoms with van der Waals surface area (Å²) in [6.07, 6.45) is 0. The lowest BCUT2D eigenvalue weighted by Crippen LogP contribution is -2.67. The number of nitrogens with two attached hydrogens (primary N) is 1. The molecule has 16 heavy (non-hydrogen) atoms. The first-order chi connectivity index (χ1) is 7.31. The van der Waals surface area contributed by atoms with E-state index in [-0.39, 0.29) is 23.7 Å². The average Bonchev–Trinajstić information content (AvgIpc) is 2.12. The van der Waals surface area contributed by atoms with E-state index < -0.39 is 5.60 Å². The molecule has 4 heteroatoms. The van der Waals surface area contributed by atoms with E-state index in [0.717, 1.165) is 0 Å². The van der Waals surface area contributed by atoms with E-state index in [1.165, 1.54) is 0 Å². The Kier molecular flexibility index (Phi) is 3.97. The van der Waals surface area contributed by atoms with Crippen LogP contribution in [0.2, 0.25) is 0 Å². The Morgan fingerprint density at radius 1 is 1.38 bits per heavy atom. The number of hydrogen-bond acceptors (Lipinski definition) is 3. The van der Waals surface area contributed by atoms with Crippen molar-refractivity contribution in [2.75, 3.05) is 19.6 Å². The number of carbonyl (C=O) groups is 1. The quantitative estimate of drug-likeness (QED) is 0.734. The molecule has 1 amide bonds. The molecule has 1 heterocycles. The second-order valence-electron chi connectivity index (χ2n) is 5.54. The lowest BCUT2D eigenvalue weighted by atomic mass is 9.81. The molecule has 1 aliphatic rings. The normalized spacial score (nSPS) is 21.1. The topological polar surface area (TPSA) is 66.6 Å². The number of amides is 1. The van der Waals surface area contributed by atoms with Crippen LogP contribution >= 0.6 is 0 Å². The van der Waals surface area contributed by atoms with Crippen molar-refractivity contribution in [1.82, 2.24) is 4.90 Å². The van der Waals surface area contributed by atoms with Gasteiger partial charge in [0.05, 0.1) is 19.0 Å². The fourth-order valence-electron chi connectivity index (χ4n) is 2.03. The molecule has 1 atom stereocenters. The molecule has 94 valence electrons. The standard InChI is InChI=1S/C12H24N2O2/c1-8(2)10(5-13)11(15)14-6-12(16,7-14)9(3)4/h8-10,16H,5-7,13H2,1-4H3. The van der Waals surface area contributed by atoms with Crippen LogP contribution in [0.4, 0.5) is 0 Å². The smallest absolute Gasteiger partial charge is 0.227 e. The highest BCUT2D eigenvalue weighted by atomic mass is 16.3. The van der Waals surface area contributed by atoms with Crippen LogP contribution in [0.1, 0.15) is 27.7 Å². The van der Waals surface area contributed by atoms with Gasteiger partial charge in [-0.25, -0.2) is 0 Å². The van der Waals surface area contributed by atoms with Crippen molar-refractivity contribution in [1.29, 1.82) is 0 Å². The van der Waals surface area contributed by atoms with Gasteiger partial charge >= 0.3 is 0 Å². The number of carbonyl (C=O) groups excluding carboxylic acids is 1. The van der Waals surface area contributed by atoms with Crippen molar-refractivity contribution in [3.8, 4) is 0 Å². The van der Waals surface area contributed by atoms with Crippen LogP contribution in [0.25, 0.3) is 0 Å². The molecule has 1 unspecified atom stereocenters. The Morgan fingerprint density at radius 3 is 2.19 bits per heavy atom. The first kappa shape index (κ1) is 13.5. The Hall–Kier alpha value is -0.610. The van der Waals surface area contributed by atoms with E-state index in [9.17, 15) is 9.90 Å². The van der Waals surface area contributed by atoms with Gasteiger partial charge in [-0.3, -0.25) is 4.79 Å². The molecular formula is C12H24N2O2. The van der Waals surface area contributed by atoms with E-state index in [1.807, 2.05) is 27.7 Å². The summed E-state index contributed by atoms with van der Waals surface area (Å²) in [5.41, 5.74) is 4.92. The van der Waals surface area contributed by atoms with Crippen molar-refractivity contribution in [2.45, 2.75) is 33.3 Å². The van der Waals surface area contributed by atoms with Gasteiger partial charge in [-0.15, -0.1) is 0 Å². The van der Waals surface area contributed by atoms with Gasteiger partial charge in [0.1, 0.15) is 5.60 Å². The molecule has 0 spiro atoms. The Balaban J connectivity index is 2.54. The van der Waals surface area contributed by atoms with E-state index in [2.05, 4.69) is 0 Å². The van der Waals surface area contributed by atoms with Crippen LogP contribution in [-0.4, -0.2) is 41.1 Å². The molecule has 0 aromatic heterocycles. The van der Waals surface area contributed by atoms with Crippen LogP contribution in [0.3, 0.4) is 0 Å². The molecule has 0 bridgehead atoms. The van der Waals surface area contributed by atoms with Gasteiger partial charge in [0.25, 0.3) is 0 Å². The number of hydrogen-bond donors (Lipinski definition) is 2. The zero-order chi connectivity index (χ0) is 12.5. The molecule has 1 saturated heterocycles. The van der Waals surface area contributed by atoms with Gasteiger partial charge in [-0.1, -0.05) is 27.7 Å². The van der Waals surface area contributed by atoms with Gasteiger partial charge < -0.3 is 15.7 Å². The van der Waals surface area contributed by atoms with Gasteiger partial charge in [-0.05, 0) is 11.8 Å². The lowest BCUT2D eigenvalue weighted by Gasteiger charge is -2.50.